The summed E-state index contributed by atoms with van der Waals surface area (Å²) in [6.07, 6.45) is 8.47. The number of hydrogen-bond acceptors (Lipinski definition) is 20. The van der Waals surface area contributed by atoms with Crippen molar-refractivity contribution in [3.05, 3.63) is 108 Å². The second-order valence-electron chi connectivity index (χ2n) is 15.4. The molecule has 0 amide bonds. The van der Waals surface area contributed by atoms with Gasteiger partial charge in [-0.15, -0.1) is 0 Å². The first kappa shape index (κ1) is 52.5. The standard InChI is InChI=1S/C48H60N12O8S2/c1-5-7-29-67-31-15-27-49-43-55-45(51-37-17-11-9-12-18-37)59-47(57-43)53-39-25-23-35(41(33-39)69(61,62)65-3)21-22-36-24-26-40(34-42(36)70(63,64)66-4)54-48-58-44(50-28-16-32-68-30-8-6-2)56-46(60-48)52-38-19-13-10-14-20-38/h9-14,17-26,33-34H,5-8,15-16,27-32H2,1-4H3,(H3,49,51,53,55,57,59)(H3,50,52,54,56,58,60). The van der Waals surface area contributed by atoms with Crippen molar-refractivity contribution in [3.8, 4) is 0 Å². The largest absolute Gasteiger partial charge is 0.381 e. The minimum Gasteiger partial charge on any atom is -0.381 e. The molecular weight excluding hydrogens is 937 g/mol. The average molecular weight is 997 g/mol. The fourth-order valence-corrected chi connectivity index (χ4v) is 8.18. The molecule has 0 bridgehead atoms. The molecule has 6 aromatic rings. The van der Waals surface area contributed by atoms with Crippen molar-refractivity contribution in [2.45, 2.75) is 62.2 Å². The van der Waals surface area contributed by atoms with Gasteiger partial charge in [-0.3, -0.25) is 8.37 Å². The zero-order valence-electron chi connectivity index (χ0n) is 39.6. The van der Waals surface area contributed by atoms with Crippen molar-refractivity contribution in [1.82, 2.24) is 29.9 Å². The van der Waals surface area contributed by atoms with Gasteiger partial charge in [0.1, 0.15) is 9.79 Å². The van der Waals surface area contributed by atoms with E-state index < -0.39 is 20.2 Å². The number of anilines is 10. The van der Waals surface area contributed by atoms with Gasteiger partial charge in [-0.05, 0) is 85.3 Å². The van der Waals surface area contributed by atoms with Crippen molar-refractivity contribution in [2.24, 2.45) is 0 Å². The van der Waals surface area contributed by atoms with E-state index in [4.69, 9.17) is 17.8 Å². The van der Waals surface area contributed by atoms with Gasteiger partial charge in [0.15, 0.2) is 0 Å². The number of benzene rings is 4. The summed E-state index contributed by atoms with van der Waals surface area (Å²) >= 11 is 0. The van der Waals surface area contributed by atoms with Gasteiger partial charge in [0.05, 0.1) is 14.2 Å². The summed E-state index contributed by atoms with van der Waals surface area (Å²) in [6, 6.07) is 27.8. The maximum atomic E-state index is 13.4. The van der Waals surface area contributed by atoms with Crippen molar-refractivity contribution in [1.29, 1.82) is 0 Å². The second kappa shape index (κ2) is 26.8. The normalized spacial score (nSPS) is 11.7. The zero-order valence-corrected chi connectivity index (χ0v) is 41.3. The van der Waals surface area contributed by atoms with Gasteiger partial charge in [0, 0.05) is 62.3 Å². The SMILES string of the molecule is CCCCOCCCNc1nc(Nc2ccccc2)nc(Nc2ccc(C=Cc3ccc(Nc4nc(NCCCOCCCC)nc(Nc5ccccc5)n4)cc3S(=O)(=O)OC)c(S(=O)(=O)OC)c2)n1. The number of unbranched alkanes of at least 4 members (excludes halogenated alkanes) is 2. The lowest BCUT2D eigenvalue weighted by Crippen LogP contribution is -2.12. The number of para-hydroxylation sites is 2. The molecule has 0 radical (unpaired) electrons. The summed E-state index contributed by atoms with van der Waals surface area (Å²) in [5.41, 5.74) is 2.51. The lowest BCUT2D eigenvalue weighted by Gasteiger charge is -2.14. The molecule has 6 rings (SSSR count). The van der Waals surface area contributed by atoms with E-state index in [9.17, 15) is 16.8 Å². The Hall–Kier alpha value is -6.82. The predicted molar refractivity (Wildman–Crippen MR) is 274 cm³/mol. The van der Waals surface area contributed by atoms with E-state index in [-0.39, 0.29) is 56.6 Å². The molecule has 0 aliphatic carbocycles. The van der Waals surface area contributed by atoms with Gasteiger partial charge in [-0.25, -0.2) is 0 Å². The van der Waals surface area contributed by atoms with Crippen molar-refractivity contribution >= 4 is 90.8 Å². The third-order valence-corrected chi connectivity index (χ3v) is 12.7. The Labute approximate surface area is 409 Å². The maximum absolute atomic E-state index is 13.4. The van der Waals surface area contributed by atoms with Gasteiger partial charge in [0.25, 0.3) is 20.2 Å². The molecule has 0 atom stereocenters. The quantitative estimate of drug-likeness (QED) is 0.0140. The average Bonchev–Trinajstić information content (AvgIpc) is 3.36. The van der Waals surface area contributed by atoms with Crippen LogP contribution in [0.2, 0.25) is 0 Å². The number of hydrogen-bond donors (Lipinski definition) is 6. The summed E-state index contributed by atoms with van der Waals surface area (Å²) in [6.45, 7) is 7.85. The van der Waals surface area contributed by atoms with Crippen LogP contribution in [0, 0.1) is 0 Å². The first-order valence-electron chi connectivity index (χ1n) is 22.9. The van der Waals surface area contributed by atoms with E-state index in [0.717, 1.165) is 64.1 Å². The molecule has 0 fully saturated rings. The highest BCUT2D eigenvalue weighted by atomic mass is 32.2. The molecule has 372 valence electrons. The van der Waals surface area contributed by atoms with Gasteiger partial charge >= 0.3 is 0 Å². The summed E-state index contributed by atoms with van der Waals surface area (Å²) in [5.74, 6) is 1.30. The summed E-state index contributed by atoms with van der Waals surface area (Å²) in [5, 5.41) is 19.0. The van der Waals surface area contributed by atoms with E-state index in [1.807, 2.05) is 60.7 Å². The lowest BCUT2D eigenvalue weighted by molar-refractivity contribution is 0.131. The van der Waals surface area contributed by atoms with Crippen LogP contribution < -0.4 is 31.9 Å². The van der Waals surface area contributed by atoms with Gasteiger partial charge in [-0.1, -0.05) is 87.4 Å². The molecule has 0 spiro atoms. The highest BCUT2D eigenvalue weighted by Crippen LogP contribution is 2.30. The van der Waals surface area contributed by atoms with Crippen LogP contribution in [0.5, 0.6) is 0 Å². The topological polar surface area (TPSA) is 255 Å². The third-order valence-electron chi connectivity index (χ3n) is 10.1. The first-order chi connectivity index (χ1) is 34.0. The highest BCUT2D eigenvalue weighted by molar-refractivity contribution is 7.87. The second-order valence-corrected chi connectivity index (χ2v) is 18.8. The molecule has 22 heteroatoms. The molecule has 70 heavy (non-hydrogen) atoms. The van der Waals surface area contributed by atoms with Crippen LogP contribution in [0.15, 0.2) is 107 Å². The Bertz CT molecular complexity index is 2650. The van der Waals surface area contributed by atoms with E-state index in [1.165, 1.54) is 24.3 Å². The highest BCUT2D eigenvalue weighted by Gasteiger charge is 2.21. The molecule has 2 aromatic heterocycles. The van der Waals surface area contributed by atoms with Crippen molar-refractivity contribution in [2.75, 3.05) is 85.6 Å². The first-order valence-corrected chi connectivity index (χ1v) is 25.7. The Kier molecular flexibility index (Phi) is 20.1. The van der Waals surface area contributed by atoms with Gasteiger partial charge in [-0.2, -0.15) is 46.7 Å². The monoisotopic (exact) mass is 996 g/mol. The zero-order chi connectivity index (χ0) is 49.6. The fourth-order valence-electron chi connectivity index (χ4n) is 6.43. The van der Waals surface area contributed by atoms with Crippen LogP contribution in [-0.2, 0) is 38.1 Å². The van der Waals surface area contributed by atoms with E-state index in [1.54, 1.807) is 24.3 Å². The molecule has 4 aromatic carbocycles. The third kappa shape index (κ3) is 16.4. The Balaban J connectivity index is 1.25. The number of ether oxygens (including phenoxy) is 2. The van der Waals surface area contributed by atoms with Crippen LogP contribution >= 0.6 is 0 Å². The van der Waals surface area contributed by atoms with Crippen LogP contribution in [-0.4, -0.2) is 100 Å². The summed E-state index contributed by atoms with van der Waals surface area (Å²) in [4.78, 5) is 26.8. The van der Waals surface area contributed by atoms with Gasteiger partial charge in [0.2, 0.25) is 35.7 Å². The van der Waals surface area contributed by atoms with Crippen LogP contribution in [0.3, 0.4) is 0 Å². The molecular formula is C48H60N12O8S2. The molecule has 0 saturated carbocycles. The number of nitrogens with zero attached hydrogens (tertiary/aromatic N) is 6. The van der Waals surface area contributed by atoms with Crippen LogP contribution in [0.4, 0.5) is 58.4 Å². The van der Waals surface area contributed by atoms with E-state index in [0.29, 0.717) is 50.9 Å². The smallest absolute Gasteiger partial charge is 0.297 e. The minimum atomic E-state index is -4.32. The summed E-state index contributed by atoms with van der Waals surface area (Å²) in [7, 11) is -6.54. The fraction of sp³-hybridized carbons (Fsp3) is 0.333. The van der Waals surface area contributed by atoms with Crippen LogP contribution in [0.1, 0.15) is 63.5 Å². The number of aromatic nitrogens is 6. The van der Waals surface area contributed by atoms with Crippen molar-refractivity contribution in [3.63, 3.8) is 0 Å². The Morgan fingerprint density at radius 3 is 1.14 bits per heavy atom. The van der Waals surface area contributed by atoms with Crippen LogP contribution in [0.25, 0.3) is 12.2 Å². The Morgan fingerprint density at radius 1 is 0.443 bits per heavy atom. The molecule has 0 unspecified atom stereocenters. The van der Waals surface area contributed by atoms with Crippen molar-refractivity contribution < 1.29 is 34.7 Å². The van der Waals surface area contributed by atoms with E-state index in [2.05, 4.69) is 75.7 Å². The number of rotatable bonds is 30. The van der Waals surface area contributed by atoms with E-state index >= 15 is 0 Å². The minimum absolute atomic E-state index is 0.124. The maximum Gasteiger partial charge on any atom is 0.297 e. The summed E-state index contributed by atoms with van der Waals surface area (Å²) < 4.78 is 75.0. The Morgan fingerprint density at radius 2 is 0.786 bits per heavy atom. The molecule has 0 aliphatic rings. The lowest BCUT2D eigenvalue weighted by atomic mass is 10.1. The molecule has 20 nitrogen and oxygen atoms in total. The molecule has 6 N–H and O–H groups in total. The number of nitrogens with one attached hydrogen (secondary N) is 6. The van der Waals surface area contributed by atoms with Gasteiger partial charge < -0.3 is 41.4 Å². The molecule has 2 heterocycles. The molecule has 0 aliphatic heterocycles. The predicted octanol–water partition coefficient (Wildman–Crippen LogP) is 9.11. The molecule has 0 saturated heterocycles.